The molecule has 2 aromatic rings. The summed E-state index contributed by atoms with van der Waals surface area (Å²) in [5.41, 5.74) is 1.90. The second-order valence-electron chi connectivity index (χ2n) is 6.14. The van der Waals surface area contributed by atoms with Gasteiger partial charge >= 0.3 is 0 Å². The molecule has 1 heterocycles. The molecule has 0 aliphatic carbocycles. The van der Waals surface area contributed by atoms with Crippen LogP contribution in [0.5, 0.6) is 5.75 Å². The van der Waals surface area contributed by atoms with Crippen LogP contribution >= 0.6 is 11.6 Å². The predicted octanol–water partition coefficient (Wildman–Crippen LogP) is 3.80. The molecule has 0 aromatic heterocycles. The van der Waals surface area contributed by atoms with Gasteiger partial charge in [0.25, 0.3) is 0 Å². The summed E-state index contributed by atoms with van der Waals surface area (Å²) in [5, 5.41) is 9.63. The highest BCUT2D eigenvalue weighted by atomic mass is 35.5. The first kappa shape index (κ1) is 17.6. The van der Waals surface area contributed by atoms with Gasteiger partial charge in [-0.1, -0.05) is 11.6 Å². The maximum Gasteiger partial charge on any atom is 0.119 e. The highest BCUT2D eigenvalue weighted by molar-refractivity contribution is 6.30. The van der Waals surface area contributed by atoms with Gasteiger partial charge in [-0.25, -0.2) is 0 Å². The van der Waals surface area contributed by atoms with Gasteiger partial charge in [-0.3, -0.25) is 4.90 Å². The van der Waals surface area contributed by atoms with Gasteiger partial charge in [0.15, 0.2) is 0 Å². The van der Waals surface area contributed by atoms with Crippen molar-refractivity contribution in [1.82, 2.24) is 4.90 Å². The van der Waals surface area contributed by atoms with Crippen molar-refractivity contribution in [2.24, 2.45) is 0 Å². The minimum Gasteiger partial charge on any atom is -0.492 e. The van der Waals surface area contributed by atoms with Crippen LogP contribution in [0.3, 0.4) is 0 Å². The molecule has 1 aliphatic heterocycles. The molecule has 0 unspecified atom stereocenters. The van der Waals surface area contributed by atoms with Gasteiger partial charge in [-0.15, -0.1) is 0 Å². The number of hydrogen-bond acceptors (Lipinski definition) is 4. The van der Waals surface area contributed by atoms with Crippen LogP contribution in [0.1, 0.15) is 12.0 Å². The Morgan fingerprint density at radius 2 is 1.72 bits per heavy atom. The Morgan fingerprint density at radius 1 is 0.960 bits per heavy atom. The molecular weight excluding hydrogens is 334 g/mol. The summed E-state index contributed by atoms with van der Waals surface area (Å²) in [6.07, 6.45) is 1.13. The topological polar surface area (TPSA) is 39.5 Å². The smallest absolute Gasteiger partial charge is 0.119 e. The molecule has 0 amide bonds. The zero-order chi connectivity index (χ0) is 17.5. The van der Waals surface area contributed by atoms with Gasteiger partial charge in [0.1, 0.15) is 12.4 Å². The molecule has 0 N–H and O–H groups in total. The summed E-state index contributed by atoms with van der Waals surface area (Å²) in [5.74, 6) is 0.860. The first-order valence-corrected chi connectivity index (χ1v) is 8.98. The third-order valence-electron chi connectivity index (χ3n) is 4.44. The minimum absolute atomic E-state index is 0.679. The standard InChI is InChI=1S/C20H22ClN3O/c21-18-4-8-20(9-5-18)25-15-14-23-10-1-11-24(13-12-23)19-6-2-17(16-22)3-7-19/h2-9H,1,10-15H2. The summed E-state index contributed by atoms with van der Waals surface area (Å²) >= 11 is 5.88. The Labute approximate surface area is 154 Å². The van der Waals surface area contributed by atoms with Crippen LogP contribution < -0.4 is 9.64 Å². The fourth-order valence-electron chi connectivity index (χ4n) is 3.02. The molecule has 3 rings (SSSR count). The fourth-order valence-corrected chi connectivity index (χ4v) is 3.15. The summed E-state index contributed by atoms with van der Waals surface area (Å²) in [7, 11) is 0. The van der Waals surface area contributed by atoms with Crippen molar-refractivity contribution in [3.8, 4) is 11.8 Å². The molecule has 0 atom stereocenters. The molecule has 0 bridgehead atoms. The van der Waals surface area contributed by atoms with Crippen LogP contribution in [0, 0.1) is 11.3 Å². The van der Waals surface area contributed by atoms with Crippen molar-refractivity contribution in [1.29, 1.82) is 5.26 Å². The van der Waals surface area contributed by atoms with E-state index in [0.29, 0.717) is 12.2 Å². The van der Waals surface area contributed by atoms with E-state index in [1.54, 1.807) is 0 Å². The molecule has 1 aliphatic rings. The summed E-state index contributed by atoms with van der Waals surface area (Å²) < 4.78 is 5.80. The van der Waals surface area contributed by atoms with Gasteiger partial charge < -0.3 is 9.64 Å². The van der Waals surface area contributed by atoms with Crippen molar-refractivity contribution >= 4 is 17.3 Å². The highest BCUT2D eigenvalue weighted by Gasteiger charge is 2.15. The van der Waals surface area contributed by atoms with E-state index in [1.165, 1.54) is 5.69 Å². The molecule has 1 saturated heterocycles. The lowest BCUT2D eigenvalue weighted by molar-refractivity contribution is 0.218. The van der Waals surface area contributed by atoms with E-state index in [-0.39, 0.29) is 0 Å². The van der Waals surface area contributed by atoms with Gasteiger partial charge in [0.2, 0.25) is 0 Å². The second-order valence-corrected chi connectivity index (χ2v) is 6.58. The van der Waals surface area contributed by atoms with Crippen molar-refractivity contribution in [2.75, 3.05) is 44.2 Å². The lowest BCUT2D eigenvalue weighted by Crippen LogP contribution is -2.33. The van der Waals surface area contributed by atoms with Gasteiger partial charge in [0, 0.05) is 43.4 Å². The third-order valence-corrected chi connectivity index (χ3v) is 4.69. The normalized spacial score (nSPS) is 15.4. The average molecular weight is 356 g/mol. The highest BCUT2D eigenvalue weighted by Crippen LogP contribution is 2.18. The molecule has 2 aromatic carbocycles. The van der Waals surface area contributed by atoms with E-state index < -0.39 is 0 Å². The Kier molecular flexibility index (Phi) is 6.16. The zero-order valence-electron chi connectivity index (χ0n) is 14.2. The SMILES string of the molecule is N#Cc1ccc(N2CCCN(CCOc3ccc(Cl)cc3)CC2)cc1. The largest absolute Gasteiger partial charge is 0.492 e. The number of hydrogen-bond donors (Lipinski definition) is 0. The number of rotatable bonds is 5. The lowest BCUT2D eigenvalue weighted by Gasteiger charge is -2.23. The number of ether oxygens (including phenoxy) is 1. The number of halogens is 1. The molecule has 5 heteroatoms. The molecule has 0 spiro atoms. The van der Waals surface area contributed by atoms with Crippen LogP contribution in [-0.4, -0.2) is 44.2 Å². The Morgan fingerprint density at radius 3 is 2.44 bits per heavy atom. The van der Waals surface area contributed by atoms with Gasteiger partial charge in [-0.05, 0) is 55.0 Å². The first-order valence-electron chi connectivity index (χ1n) is 8.60. The summed E-state index contributed by atoms with van der Waals surface area (Å²) in [6, 6.07) is 17.5. The van der Waals surface area contributed by atoms with Crippen LogP contribution in [0.15, 0.2) is 48.5 Å². The lowest BCUT2D eigenvalue weighted by atomic mass is 10.2. The van der Waals surface area contributed by atoms with E-state index in [2.05, 4.69) is 15.9 Å². The number of benzene rings is 2. The number of nitrogens with zero attached hydrogens (tertiary/aromatic N) is 3. The van der Waals surface area contributed by atoms with E-state index in [1.807, 2.05) is 48.5 Å². The number of nitriles is 1. The molecular formula is C20H22ClN3O. The van der Waals surface area contributed by atoms with Crippen LogP contribution in [0.25, 0.3) is 0 Å². The molecule has 4 nitrogen and oxygen atoms in total. The molecule has 0 saturated carbocycles. The minimum atomic E-state index is 0.679. The predicted molar refractivity (Wildman–Crippen MR) is 101 cm³/mol. The van der Waals surface area contributed by atoms with Crippen LogP contribution in [0.4, 0.5) is 5.69 Å². The summed E-state index contributed by atoms with van der Waals surface area (Å²) in [6.45, 7) is 5.73. The zero-order valence-corrected chi connectivity index (χ0v) is 15.0. The van der Waals surface area contributed by atoms with Crippen LogP contribution in [0.2, 0.25) is 5.02 Å². The van der Waals surface area contributed by atoms with E-state index in [0.717, 1.165) is 49.9 Å². The molecule has 25 heavy (non-hydrogen) atoms. The Hall–Kier alpha value is -2.22. The monoisotopic (exact) mass is 355 g/mol. The average Bonchev–Trinajstić information content (AvgIpc) is 2.89. The van der Waals surface area contributed by atoms with Crippen molar-refractivity contribution in [3.63, 3.8) is 0 Å². The first-order chi connectivity index (χ1) is 12.2. The van der Waals surface area contributed by atoms with Crippen LogP contribution in [-0.2, 0) is 0 Å². The quantitative estimate of drug-likeness (QED) is 0.817. The van der Waals surface area contributed by atoms with Crippen molar-refractivity contribution < 1.29 is 4.74 Å². The van der Waals surface area contributed by atoms with Crippen molar-refractivity contribution in [2.45, 2.75) is 6.42 Å². The fraction of sp³-hybridized carbons (Fsp3) is 0.350. The molecule has 1 fully saturated rings. The molecule has 130 valence electrons. The van der Waals surface area contributed by atoms with Gasteiger partial charge in [-0.2, -0.15) is 5.26 Å². The maximum absolute atomic E-state index is 8.91. The van der Waals surface area contributed by atoms with E-state index in [9.17, 15) is 0 Å². The third kappa shape index (κ3) is 5.12. The van der Waals surface area contributed by atoms with Gasteiger partial charge in [0.05, 0.1) is 11.6 Å². The summed E-state index contributed by atoms with van der Waals surface area (Å²) in [4.78, 5) is 4.83. The van der Waals surface area contributed by atoms with E-state index in [4.69, 9.17) is 21.6 Å². The second kappa shape index (κ2) is 8.75. The Balaban J connectivity index is 1.46. The molecule has 0 radical (unpaired) electrons. The Bertz CT molecular complexity index is 709. The van der Waals surface area contributed by atoms with E-state index >= 15 is 0 Å². The van der Waals surface area contributed by atoms with Crippen molar-refractivity contribution in [3.05, 3.63) is 59.1 Å². The maximum atomic E-state index is 8.91. The number of anilines is 1.